The third kappa shape index (κ3) is 4.45. The number of rotatable bonds is 4. The van der Waals surface area contributed by atoms with Gasteiger partial charge in [-0.3, -0.25) is 9.80 Å². The molecule has 0 aromatic heterocycles. The molecule has 2 rings (SSSR count). The average Bonchev–Trinajstić information content (AvgIpc) is 2.48. The Morgan fingerprint density at radius 3 is 2.52 bits per heavy atom. The van der Waals surface area contributed by atoms with Gasteiger partial charge in [-0.1, -0.05) is 30.3 Å². The Morgan fingerprint density at radius 2 is 2.00 bits per heavy atom. The van der Waals surface area contributed by atoms with Crippen molar-refractivity contribution in [3.8, 4) is 0 Å². The van der Waals surface area contributed by atoms with Crippen LogP contribution in [0.4, 0.5) is 4.79 Å². The van der Waals surface area contributed by atoms with Gasteiger partial charge >= 0.3 is 6.09 Å². The van der Waals surface area contributed by atoms with Crippen LogP contribution in [0, 0.1) is 0 Å². The number of ether oxygens (including phenoxy) is 1. The zero-order chi connectivity index (χ0) is 17.0. The third-order valence-electron chi connectivity index (χ3n) is 4.42. The molecule has 1 saturated heterocycles. The van der Waals surface area contributed by atoms with Crippen molar-refractivity contribution in [2.45, 2.75) is 51.4 Å². The zero-order valence-electron chi connectivity index (χ0n) is 14.5. The van der Waals surface area contributed by atoms with Crippen LogP contribution in [0.25, 0.3) is 0 Å². The number of hydrogen-bond donors (Lipinski definition) is 1. The monoisotopic (exact) mass is 320 g/mol. The Hall–Kier alpha value is -1.59. The molecule has 2 atom stereocenters. The van der Waals surface area contributed by atoms with Gasteiger partial charge in [0.15, 0.2) is 0 Å². The van der Waals surface area contributed by atoms with Crippen molar-refractivity contribution in [3.63, 3.8) is 0 Å². The first-order valence-corrected chi connectivity index (χ1v) is 8.14. The molecule has 1 aromatic rings. The molecule has 1 aliphatic heterocycles. The van der Waals surface area contributed by atoms with Crippen LogP contribution in [0.15, 0.2) is 30.3 Å². The number of carboxylic acid groups (broad SMARTS) is 1. The maximum Gasteiger partial charge on any atom is 0.408 e. The van der Waals surface area contributed by atoms with Gasteiger partial charge in [0.05, 0.1) is 12.1 Å². The van der Waals surface area contributed by atoms with Crippen molar-refractivity contribution < 1.29 is 14.6 Å². The first-order valence-electron chi connectivity index (χ1n) is 8.14. The standard InChI is InChI=1S/C18H28N2O3/c1-18(2,3)20(17(21)22)15-10-11-19(13-16(15)23-4)12-14-8-6-5-7-9-14/h5-9,15-16H,10-13H2,1-4H3,(H,21,22)/t15-,16-/m0/s1. The van der Waals surface area contributed by atoms with E-state index in [1.807, 2.05) is 39.0 Å². The molecule has 1 aromatic carbocycles. The topological polar surface area (TPSA) is 53.0 Å². The minimum atomic E-state index is -0.874. The van der Waals surface area contributed by atoms with E-state index >= 15 is 0 Å². The van der Waals surface area contributed by atoms with Crippen molar-refractivity contribution in [1.29, 1.82) is 0 Å². The summed E-state index contributed by atoms with van der Waals surface area (Å²) in [7, 11) is 1.67. The summed E-state index contributed by atoms with van der Waals surface area (Å²) in [5.74, 6) is 0. The summed E-state index contributed by atoms with van der Waals surface area (Å²) in [6.07, 6.45) is -0.196. The fraction of sp³-hybridized carbons (Fsp3) is 0.611. The lowest BCUT2D eigenvalue weighted by atomic mass is 9.94. The summed E-state index contributed by atoms with van der Waals surface area (Å²) in [6.45, 7) is 8.30. The molecule has 1 heterocycles. The van der Waals surface area contributed by atoms with Crippen molar-refractivity contribution in [3.05, 3.63) is 35.9 Å². The summed E-state index contributed by atoms with van der Waals surface area (Å²) in [4.78, 5) is 15.6. The second kappa shape index (κ2) is 7.32. The maximum absolute atomic E-state index is 11.7. The number of methoxy groups -OCH3 is 1. The highest BCUT2D eigenvalue weighted by Gasteiger charge is 2.40. The van der Waals surface area contributed by atoms with Gasteiger partial charge in [0.1, 0.15) is 0 Å². The van der Waals surface area contributed by atoms with E-state index < -0.39 is 11.6 Å². The molecular weight excluding hydrogens is 292 g/mol. The smallest absolute Gasteiger partial charge is 0.408 e. The fourth-order valence-electron chi connectivity index (χ4n) is 3.41. The quantitative estimate of drug-likeness (QED) is 0.926. The van der Waals surface area contributed by atoms with Crippen molar-refractivity contribution in [2.75, 3.05) is 20.2 Å². The Morgan fingerprint density at radius 1 is 1.35 bits per heavy atom. The number of piperidine rings is 1. The number of carbonyl (C=O) groups is 1. The first kappa shape index (κ1) is 17.8. The molecule has 0 spiro atoms. The highest BCUT2D eigenvalue weighted by atomic mass is 16.5. The molecule has 1 fully saturated rings. The molecule has 23 heavy (non-hydrogen) atoms. The Bertz CT molecular complexity index is 513. The molecule has 0 aliphatic carbocycles. The number of likely N-dealkylation sites (tertiary alicyclic amines) is 1. The van der Waals surface area contributed by atoms with Crippen LogP contribution in [-0.4, -0.2) is 58.9 Å². The van der Waals surface area contributed by atoms with Crippen molar-refractivity contribution in [1.82, 2.24) is 9.80 Å². The van der Waals surface area contributed by atoms with Crippen LogP contribution < -0.4 is 0 Å². The molecule has 0 bridgehead atoms. The van der Waals surface area contributed by atoms with E-state index in [4.69, 9.17) is 4.74 Å². The van der Waals surface area contributed by atoms with Crippen LogP contribution in [0.3, 0.4) is 0 Å². The van der Waals surface area contributed by atoms with E-state index in [-0.39, 0.29) is 12.1 Å². The van der Waals surface area contributed by atoms with Gasteiger partial charge in [-0.2, -0.15) is 0 Å². The zero-order valence-corrected chi connectivity index (χ0v) is 14.5. The average molecular weight is 320 g/mol. The number of nitrogens with zero attached hydrogens (tertiary/aromatic N) is 2. The van der Waals surface area contributed by atoms with Crippen LogP contribution in [0.2, 0.25) is 0 Å². The van der Waals surface area contributed by atoms with Gasteiger partial charge in [-0.05, 0) is 32.8 Å². The molecule has 5 heteroatoms. The van der Waals surface area contributed by atoms with Gasteiger partial charge in [0.2, 0.25) is 0 Å². The Balaban J connectivity index is 2.08. The summed E-state index contributed by atoms with van der Waals surface area (Å²) in [5.41, 5.74) is 0.834. The lowest BCUT2D eigenvalue weighted by Gasteiger charge is -2.47. The lowest BCUT2D eigenvalue weighted by molar-refractivity contribution is -0.0556. The van der Waals surface area contributed by atoms with Gasteiger partial charge < -0.3 is 9.84 Å². The van der Waals surface area contributed by atoms with Gasteiger partial charge in [0, 0.05) is 32.3 Å². The normalized spacial score (nSPS) is 22.8. The number of amides is 1. The molecule has 0 radical (unpaired) electrons. The molecule has 128 valence electrons. The van der Waals surface area contributed by atoms with E-state index in [9.17, 15) is 9.90 Å². The first-order chi connectivity index (χ1) is 10.8. The van der Waals surface area contributed by atoms with Crippen LogP contribution >= 0.6 is 0 Å². The highest BCUT2D eigenvalue weighted by molar-refractivity contribution is 5.66. The summed E-state index contributed by atoms with van der Waals surface area (Å²) >= 11 is 0. The van der Waals surface area contributed by atoms with E-state index in [1.54, 1.807) is 12.0 Å². The summed E-state index contributed by atoms with van der Waals surface area (Å²) in [6, 6.07) is 10.2. The lowest BCUT2D eigenvalue weighted by Crippen LogP contribution is -2.61. The molecule has 1 aliphatic rings. The Kier molecular flexibility index (Phi) is 5.65. The molecule has 1 N–H and O–H groups in total. The van der Waals surface area contributed by atoms with Gasteiger partial charge in [-0.15, -0.1) is 0 Å². The summed E-state index contributed by atoms with van der Waals surface area (Å²) in [5, 5.41) is 9.63. The number of benzene rings is 1. The molecule has 0 saturated carbocycles. The predicted octanol–water partition coefficient (Wildman–Crippen LogP) is 3.05. The molecule has 1 amide bonds. The molecular formula is C18H28N2O3. The van der Waals surface area contributed by atoms with Crippen LogP contribution in [0.5, 0.6) is 0 Å². The molecule has 5 nitrogen and oxygen atoms in total. The minimum absolute atomic E-state index is 0.107. The number of hydrogen-bond acceptors (Lipinski definition) is 3. The maximum atomic E-state index is 11.7. The highest BCUT2D eigenvalue weighted by Crippen LogP contribution is 2.27. The predicted molar refractivity (Wildman–Crippen MR) is 90.5 cm³/mol. The SMILES string of the molecule is CO[C@H]1CN(Cc2ccccc2)CC[C@@H]1N(C(=O)O)C(C)(C)C. The fourth-order valence-corrected chi connectivity index (χ4v) is 3.41. The van der Waals surface area contributed by atoms with E-state index in [0.29, 0.717) is 0 Å². The second-order valence-corrected chi connectivity index (χ2v) is 7.17. The van der Waals surface area contributed by atoms with E-state index in [1.165, 1.54) is 5.56 Å². The largest absolute Gasteiger partial charge is 0.465 e. The van der Waals surface area contributed by atoms with Crippen LogP contribution in [-0.2, 0) is 11.3 Å². The third-order valence-corrected chi connectivity index (χ3v) is 4.42. The van der Waals surface area contributed by atoms with Crippen LogP contribution in [0.1, 0.15) is 32.8 Å². The van der Waals surface area contributed by atoms with Gasteiger partial charge in [-0.25, -0.2) is 4.79 Å². The second-order valence-electron chi connectivity index (χ2n) is 7.17. The van der Waals surface area contributed by atoms with E-state index in [2.05, 4.69) is 17.0 Å². The minimum Gasteiger partial charge on any atom is -0.465 e. The van der Waals surface area contributed by atoms with Gasteiger partial charge in [0.25, 0.3) is 0 Å². The Labute approximate surface area is 138 Å². The summed E-state index contributed by atoms with van der Waals surface area (Å²) < 4.78 is 5.65. The van der Waals surface area contributed by atoms with Crippen molar-refractivity contribution in [2.24, 2.45) is 0 Å². The van der Waals surface area contributed by atoms with Crippen molar-refractivity contribution >= 4 is 6.09 Å². The van der Waals surface area contributed by atoms with E-state index in [0.717, 1.165) is 26.1 Å². The molecule has 0 unspecified atom stereocenters.